The topological polar surface area (TPSA) is 32.8 Å². The number of carbonyl (C=O) groups is 1. The SMILES string of the molecule is O=C1N2[C@@H](CC[C@H]2c2ccccc2F)OC12CN(CCc1ccccc1)C2. The minimum absolute atomic E-state index is 0.0363. The van der Waals surface area contributed by atoms with Crippen molar-refractivity contribution in [2.24, 2.45) is 0 Å². The van der Waals surface area contributed by atoms with Gasteiger partial charge in [0.2, 0.25) is 0 Å². The fourth-order valence-electron chi connectivity index (χ4n) is 4.74. The van der Waals surface area contributed by atoms with Crippen LogP contribution < -0.4 is 0 Å². The minimum Gasteiger partial charge on any atom is -0.339 e. The number of halogens is 1. The minimum atomic E-state index is -0.717. The Labute approximate surface area is 158 Å². The van der Waals surface area contributed by atoms with Crippen molar-refractivity contribution in [2.75, 3.05) is 19.6 Å². The van der Waals surface area contributed by atoms with E-state index in [4.69, 9.17) is 4.74 Å². The molecule has 2 aromatic carbocycles. The maximum atomic E-state index is 14.3. The number of benzene rings is 2. The summed E-state index contributed by atoms with van der Waals surface area (Å²) < 4.78 is 20.5. The Balaban J connectivity index is 1.25. The first-order chi connectivity index (χ1) is 13.2. The molecule has 2 atom stereocenters. The normalized spacial score (nSPS) is 26.4. The van der Waals surface area contributed by atoms with Gasteiger partial charge in [-0.25, -0.2) is 4.39 Å². The first-order valence-corrected chi connectivity index (χ1v) is 9.68. The number of carbonyl (C=O) groups excluding carboxylic acids is 1. The summed E-state index contributed by atoms with van der Waals surface area (Å²) in [6, 6.07) is 16.9. The van der Waals surface area contributed by atoms with Crippen molar-refractivity contribution in [1.29, 1.82) is 0 Å². The van der Waals surface area contributed by atoms with Gasteiger partial charge in [-0.1, -0.05) is 48.5 Å². The lowest BCUT2D eigenvalue weighted by molar-refractivity contribution is -0.160. The van der Waals surface area contributed by atoms with E-state index in [1.165, 1.54) is 11.6 Å². The molecule has 2 aromatic rings. The second-order valence-electron chi connectivity index (χ2n) is 7.84. The molecule has 0 N–H and O–H groups in total. The summed E-state index contributed by atoms with van der Waals surface area (Å²) in [4.78, 5) is 17.2. The van der Waals surface area contributed by atoms with Crippen LogP contribution in [0.25, 0.3) is 0 Å². The molecule has 0 saturated carbocycles. The van der Waals surface area contributed by atoms with Crippen molar-refractivity contribution in [2.45, 2.75) is 37.1 Å². The van der Waals surface area contributed by atoms with Crippen LogP contribution in [0, 0.1) is 5.82 Å². The van der Waals surface area contributed by atoms with E-state index in [-0.39, 0.29) is 24.0 Å². The van der Waals surface area contributed by atoms with Gasteiger partial charge in [0.1, 0.15) is 12.0 Å². The third-order valence-electron chi connectivity index (χ3n) is 6.10. The maximum absolute atomic E-state index is 14.3. The first-order valence-electron chi connectivity index (χ1n) is 9.68. The Hall–Kier alpha value is -2.24. The zero-order valence-corrected chi connectivity index (χ0v) is 15.2. The molecule has 5 rings (SSSR count). The molecule has 0 unspecified atom stereocenters. The predicted octanol–water partition coefficient (Wildman–Crippen LogP) is 3.14. The molecule has 3 heterocycles. The van der Waals surface area contributed by atoms with Crippen LogP contribution in [0.5, 0.6) is 0 Å². The number of likely N-dealkylation sites (tertiary alicyclic amines) is 1. The molecule has 0 aromatic heterocycles. The maximum Gasteiger partial charge on any atom is 0.260 e. The fraction of sp³-hybridized carbons (Fsp3) is 0.409. The summed E-state index contributed by atoms with van der Waals surface area (Å²) in [5, 5.41) is 0. The third-order valence-corrected chi connectivity index (χ3v) is 6.10. The van der Waals surface area contributed by atoms with Crippen molar-refractivity contribution >= 4 is 5.91 Å². The third kappa shape index (κ3) is 2.77. The number of fused-ring (bicyclic) bond motifs is 1. The monoisotopic (exact) mass is 366 g/mol. The molecular formula is C22H23FN2O2. The summed E-state index contributed by atoms with van der Waals surface area (Å²) in [5.41, 5.74) is 1.19. The lowest BCUT2D eigenvalue weighted by Gasteiger charge is -2.45. The van der Waals surface area contributed by atoms with Crippen LogP contribution in [-0.4, -0.2) is 47.2 Å². The zero-order chi connectivity index (χ0) is 18.4. The summed E-state index contributed by atoms with van der Waals surface area (Å²) >= 11 is 0. The Kier molecular flexibility index (Phi) is 4.02. The van der Waals surface area contributed by atoms with Crippen molar-refractivity contribution in [3.8, 4) is 0 Å². The lowest BCUT2D eigenvalue weighted by atomic mass is 9.91. The van der Waals surface area contributed by atoms with E-state index in [0.29, 0.717) is 18.7 Å². The van der Waals surface area contributed by atoms with Gasteiger partial charge >= 0.3 is 0 Å². The molecular weight excluding hydrogens is 343 g/mol. The Morgan fingerprint density at radius 3 is 2.56 bits per heavy atom. The van der Waals surface area contributed by atoms with E-state index in [0.717, 1.165) is 25.8 Å². The smallest absolute Gasteiger partial charge is 0.260 e. The highest BCUT2D eigenvalue weighted by molar-refractivity contribution is 5.89. The molecule has 0 bridgehead atoms. The van der Waals surface area contributed by atoms with Gasteiger partial charge in [-0.3, -0.25) is 9.69 Å². The summed E-state index contributed by atoms with van der Waals surface area (Å²) in [6.45, 7) is 2.19. The van der Waals surface area contributed by atoms with E-state index in [1.807, 2.05) is 24.3 Å². The summed E-state index contributed by atoms with van der Waals surface area (Å²) in [5.74, 6) is -0.204. The van der Waals surface area contributed by atoms with Gasteiger partial charge in [-0.2, -0.15) is 0 Å². The number of rotatable bonds is 4. The van der Waals surface area contributed by atoms with E-state index in [2.05, 4.69) is 17.0 Å². The van der Waals surface area contributed by atoms with E-state index >= 15 is 0 Å². The number of amides is 1. The van der Waals surface area contributed by atoms with Gasteiger partial charge in [0.15, 0.2) is 5.60 Å². The highest BCUT2D eigenvalue weighted by atomic mass is 19.1. The Bertz CT molecular complexity index is 850. The number of ether oxygens (including phenoxy) is 1. The summed E-state index contributed by atoms with van der Waals surface area (Å²) in [6.07, 6.45) is 2.29. The first kappa shape index (κ1) is 16.9. The van der Waals surface area contributed by atoms with E-state index in [1.54, 1.807) is 17.0 Å². The highest BCUT2D eigenvalue weighted by Gasteiger charge is 2.62. The number of hydrogen-bond acceptors (Lipinski definition) is 3. The van der Waals surface area contributed by atoms with Crippen LogP contribution in [0.1, 0.15) is 30.0 Å². The van der Waals surface area contributed by atoms with Crippen LogP contribution in [0.15, 0.2) is 54.6 Å². The van der Waals surface area contributed by atoms with Crippen molar-refractivity contribution in [3.63, 3.8) is 0 Å². The van der Waals surface area contributed by atoms with E-state index in [9.17, 15) is 9.18 Å². The summed E-state index contributed by atoms with van der Waals surface area (Å²) in [7, 11) is 0. The number of hydrogen-bond donors (Lipinski definition) is 0. The van der Waals surface area contributed by atoms with Gasteiger partial charge in [-0.05, 0) is 30.9 Å². The molecule has 1 amide bonds. The Morgan fingerprint density at radius 1 is 1.04 bits per heavy atom. The molecule has 5 heteroatoms. The largest absolute Gasteiger partial charge is 0.339 e. The highest BCUT2D eigenvalue weighted by Crippen LogP contribution is 2.47. The van der Waals surface area contributed by atoms with Gasteiger partial charge in [0.05, 0.1) is 6.04 Å². The van der Waals surface area contributed by atoms with E-state index < -0.39 is 5.60 Å². The van der Waals surface area contributed by atoms with Crippen LogP contribution >= 0.6 is 0 Å². The predicted molar refractivity (Wildman–Crippen MR) is 99.4 cm³/mol. The van der Waals surface area contributed by atoms with Gasteiger partial charge < -0.3 is 9.64 Å². The average molecular weight is 366 g/mol. The van der Waals surface area contributed by atoms with Gasteiger partial charge in [0.25, 0.3) is 5.91 Å². The molecule has 27 heavy (non-hydrogen) atoms. The fourth-order valence-corrected chi connectivity index (χ4v) is 4.74. The van der Waals surface area contributed by atoms with Crippen LogP contribution in [-0.2, 0) is 16.0 Å². The second-order valence-corrected chi connectivity index (χ2v) is 7.84. The molecule has 3 aliphatic rings. The molecule has 1 spiro atoms. The quantitative estimate of drug-likeness (QED) is 0.833. The molecule has 0 aliphatic carbocycles. The molecule has 0 radical (unpaired) electrons. The van der Waals surface area contributed by atoms with Crippen molar-refractivity contribution in [3.05, 3.63) is 71.5 Å². The second kappa shape index (κ2) is 6.43. The van der Waals surface area contributed by atoms with Crippen molar-refractivity contribution < 1.29 is 13.9 Å². The molecule has 3 fully saturated rings. The average Bonchev–Trinajstić information content (AvgIpc) is 3.19. The van der Waals surface area contributed by atoms with Gasteiger partial charge in [-0.15, -0.1) is 0 Å². The molecule has 3 aliphatic heterocycles. The van der Waals surface area contributed by atoms with Gasteiger partial charge in [0, 0.05) is 25.2 Å². The van der Waals surface area contributed by atoms with Crippen LogP contribution in [0.2, 0.25) is 0 Å². The lowest BCUT2D eigenvalue weighted by Crippen LogP contribution is -2.66. The molecule has 3 saturated heterocycles. The molecule has 140 valence electrons. The zero-order valence-electron chi connectivity index (χ0n) is 15.2. The van der Waals surface area contributed by atoms with Crippen LogP contribution in [0.4, 0.5) is 4.39 Å². The molecule has 4 nitrogen and oxygen atoms in total. The Morgan fingerprint density at radius 2 is 1.78 bits per heavy atom. The number of nitrogens with zero attached hydrogens (tertiary/aromatic N) is 2. The standard InChI is InChI=1S/C22H23FN2O2/c23-18-9-5-4-8-17(18)19-10-11-20-25(19)21(26)22(27-20)14-24(15-22)13-12-16-6-2-1-3-7-16/h1-9,19-20H,10-15H2/t19-,20+/m0/s1. The van der Waals surface area contributed by atoms with Crippen LogP contribution in [0.3, 0.4) is 0 Å². The van der Waals surface area contributed by atoms with Crippen molar-refractivity contribution in [1.82, 2.24) is 9.80 Å².